The highest BCUT2D eigenvalue weighted by atomic mass is 19.1. The fraction of sp³-hybridized carbons (Fsp3) is 0.500. The number of carbonyl (C=O) groups is 1. The Labute approximate surface area is 131 Å². The van der Waals surface area contributed by atoms with Crippen molar-refractivity contribution in [1.29, 1.82) is 0 Å². The number of amides is 1. The lowest BCUT2D eigenvalue weighted by atomic mass is 9.99. The molecular formula is C18H23FN2O. The van der Waals surface area contributed by atoms with E-state index in [1.807, 2.05) is 6.92 Å². The van der Waals surface area contributed by atoms with Gasteiger partial charge in [-0.3, -0.25) is 9.69 Å². The van der Waals surface area contributed by atoms with Gasteiger partial charge in [0, 0.05) is 24.7 Å². The molecule has 2 unspecified atom stereocenters. The minimum Gasteiger partial charge on any atom is -0.348 e. The highest BCUT2D eigenvalue weighted by molar-refractivity contribution is 5.95. The van der Waals surface area contributed by atoms with Crippen LogP contribution in [0.15, 0.2) is 30.3 Å². The molecule has 1 aromatic rings. The number of piperidine rings is 1. The van der Waals surface area contributed by atoms with Crippen LogP contribution in [0.3, 0.4) is 0 Å². The van der Waals surface area contributed by atoms with Gasteiger partial charge in [-0.15, -0.1) is 0 Å². The van der Waals surface area contributed by atoms with Crippen LogP contribution in [0.5, 0.6) is 0 Å². The van der Waals surface area contributed by atoms with Crippen molar-refractivity contribution >= 4 is 11.5 Å². The van der Waals surface area contributed by atoms with Gasteiger partial charge in [-0.1, -0.05) is 18.6 Å². The summed E-state index contributed by atoms with van der Waals surface area (Å²) >= 11 is 0. The highest BCUT2D eigenvalue weighted by Gasteiger charge is 2.35. The van der Waals surface area contributed by atoms with E-state index in [2.05, 4.69) is 10.2 Å². The van der Waals surface area contributed by atoms with Crippen LogP contribution in [0.1, 0.15) is 38.2 Å². The van der Waals surface area contributed by atoms with Gasteiger partial charge in [-0.05, 0) is 56.0 Å². The van der Waals surface area contributed by atoms with Crippen LogP contribution >= 0.6 is 0 Å². The molecule has 0 bridgehead atoms. The summed E-state index contributed by atoms with van der Waals surface area (Å²) < 4.78 is 12.9. The summed E-state index contributed by atoms with van der Waals surface area (Å²) in [4.78, 5) is 14.7. The van der Waals surface area contributed by atoms with Crippen molar-refractivity contribution in [2.24, 2.45) is 0 Å². The SMILES string of the molecule is C/C(=C\C(=O)NC1CCN2CCCCC12)c1ccc(F)cc1. The summed E-state index contributed by atoms with van der Waals surface area (Å²) in [7, 11) is 0. The maximum Gasteiger partial charge on any atom is 0.244 e. The molecule has 1 amide bonds. The van der Waals surface area contributed by atoms with E-state index in [-0.39, 0.29) is 17.8 Å². The number of fused-ring (bicyclic) bond motifs is 1. The van der Waals surface area contributed by atoms with Gasteiger partial charge in [0.15, 0.2) is 0 Å². The molecule has 2 atom stereocenters. The second-order valence-electron chi connectivity index (χ2n) is 6.34. The zero-order valence-electron chi connectivity index (χ0n) is 13.0. The lowest BCUT2D eigenvalue weighted by Gasteiger charge is -2.32. The topological polar surface area (TPSA) is 32.3 Å². The van der Waals surface area contributed by atoms with E-state index in [1.165, 1.54) is 37.9 Å². The Morgan fingerprint density at radius 3 is 2.77 bits per heavy atom. The fourth-order valence-corrected chi connectivity index (χ4v) is 3.63. The van der Waals surface area contributed by atoms with Gasteiger partial charge in [0.25, 0.3) is 0 Å². The molecule has 2 heterocycles. The second-order valence-corrected chi connectivity index (χ2v) is 6.34. The molecule has 2 fully saturated rings. The molecule has 2 aliphatic heterocycles. The molecule has 1 N–H and O–H groups in total. The number of benzene rings is 1. The van der Waals surface area contributed by atoms with E-state index < -0.39 is 0 Å². The molecule has 0 aromatic heterocycles. The van der Waals surface area contributed by atoms with Crippen LogP contribution < -0.4 is 5.32 Å². The molecule has 0 aliphatic carbocycles. The first-order chi connectivity index (χ1) is 10.6. The molecule has 2 aliphatic rings. The van der Waals surface area contributed by atoms with Crippen molar-refractivity contribution in [3.05, 3.63) is 41.7 Å². The van der Waals surface area contributed by atoms with Gasteiger partial charge < -0.3 is 5.32 Å². The average Bonchev–Trinajstić information content (AvgIpc) is 2.91. The number of hydrogen-bond donors (Lipinski definition) is 1. The molecule has 4 heteroatoms. The Hall–Kier alpha value is -1.68. The third-order valence-electron chi connectivity index (χ3n) is 4.83. The van der Waals surface area contributed by atoms with E-state index in [0.29, 0.717) is 6.04 Å². The van der Waals surface area contributed by atoms with Crippen LogP contribution in [0.25, 0.3) is 5.57 Å². The summed E-state index contributed by atoms with van der Waals surface area (Å²) in [5, 5.41) is 3.16. The number of carbonyl (C=O) groups excluding carboxylic acids is 1. The molecule has 22 heavy (non-hydrogen) atoms. The predicted octanol–water partition coefficient (Wildman–Crippen LogP) is 2.97. The van der Waals surface area contributed by atoms with Gasteiger partial charge in [0.2, 0.25) is 5.91 Å². The second kappa shape index (κ2) is 6.61. The zero-order chi connectivity index (χ0) is 15.5. The van der Waals surface area contributed by atoms with Gasteiger partial charge >= 0.3 is 0 Å². The average molecular weight is 302 g/mol. The maximum absolute atomic E-state index is 12.9. The van der Waals surface area contributed by atoms with Crippen molar-refractivity contribution in [1.82, 2.24) is 10.2 Å². The zero-order valence-corrected chi connectivity index (χ0v) is 13.0. The van der Waals surface area contributed by atoms with Gasteiger partial charge in [0.05, 0.1) is 0 Å². The summed E-state index contributed by atoms with van der Waals surface area (Å²) in [6, 6.07) is 7.02. The third kappa shape index (κ3) is 3.38. The smallest absolute Gasteiger partial charge is 0.244 e. The first-order valence-corrected chi connectivity index (χ1v) is 8.12. The quantitative estimate of drug-likeness (QED) is 0.871. The van der Waals surface area contributed by atoms with Crippen molar-refractivity contribution in [2.75, 3.05) is 13.1 Å². The molecular weight excluding hydrogens is 279 g/mol. The predicted molar refractivity (Wildman–Crippen MR) is 85.8 cm³/mol. The normalized spacial score (nSPS) is 25.8. The van der Waals surface area contributed by atoms with Crippen molar-refractivity contribution in [3.63, 3.8) is 0 Å². The van der Waals surface area contributed by atoms with Gasteiger partial charge in [-0.2, -0.15) is 0 Å². The summed E-state index contributed by atoms with van der Waals surface area (Å²) in [5.41, 5.74) is 1.73. The van der Waals surface area contributed by atoms with Crippen molar-refractivity contribution < 1.29 is 9.18 Å². The lowest BCUT2D eigenvalue weighted by molar-refractivity contribution is -0.117. The maximum atomic E-state index is 12.9. The van der Waals surface area contributed by atoms with E-state index in [9.17, 15) is 9.18 Å². The number of halogens is 1. The minimum absolute atomic E-state index is 0.0424. The third-order valence-corrected chi connectivity index (χ3v) is 4.83. The Morgan fingerprint density at radius 1 is 1.23 bits per heavy atom. The Morgan fingerprint density at radius 2 is 2.00 bits per heavy atom. The fourth-order valence-electron chi connectivity index (χ4n) is 3.63. The number of nitrogens with one attached hydrogen (secondary N) is 1. The van der Waals surface area contributed by atoms with E-state index in [4.69, 9.17) is 0 Å². The number of nitrogens with zero attached hydrogens (tertiary/aromatic N) is 1. The van der Waals surface area contributed by atoms with Crippen LogP contribution in [-0.2, 0) is 4.79 Å². The standard InChI is InChI=1S/C18H23FN2O/c1-13(14-5-7-15(19)8-6-14)12-18(22)20-16-9-11-21-10-3-2-4-17(16)21/h5-8,12,16-17H,2-4,9-11H2,1H3,(H,20,22)/b13-12+. The Kier molecular flexibility index (Phi) is 4.57. The van der Waals surface area contributed by atoms with Gasteiger partial charge in [0.1, 0.15) is 5.82 Å². The number of rotatable bonds is 3. The molecule has 0 saturated carbocycles. The summed E-state index contributed by atoms with van der Waals surface area (Å²) in [5.74, 6) is -0.302. The molecule has 3 nitrogen and oxygen atoms in total. The summed E-state index contributed by atoms with van der Waals surface area (Å²) in [6.45, 7) is 4.14. The molecule has 118 valence electrons. The first kappa shape index (κ1) is 15.2. The van der Waals surface area contributed by atoms with Crippen LogP contribution in [-0.4, -0.2) is 36.0 Å². The molecule has 1 aromatic carbocycles. The van der Waals surface area contributed by atoms with E-state index >= 15 is 0 Å². The monoisotopic (exact) mass is 302 g/mol. The minimum atomic E-state index is -0.260. The lowest BCUT2D eigenvalue weighted by Crippen LogP contribution is -2.46. The molecule has 0 spiro atoms. The number of allylic oxidation sites excluding steroid dienone is 1. The van der Waals surface area contributed by atoms with Crippen molar-refractivity contribution in [2.45, 2.75) is 44.7 Å². The molecule has 2 saturated heterocycles. The molecule has 0 radical (unpaired) electrons. The Balaban J connectivity index is 1.62. The van der Waals surface area contributed by atoms with Gasteiger partial charge in [-0.25, -0.2) is 4.39 Å². The highest BCUT2D eigenvalue weighted by Crippen LogP contribution is 2.27. The van der Waals surface area contributed by atoms with Crippen molar-refractivity contribution in [3.8, 4) is 0 Å². The van der Waals surface area contributed by atoms with Crippen LogP contribution in [0.2, 0.25) is 0 Å². The van der Waals surface area contributed by atoms with Crippen LogP contribution in [0.4, 0.5) is 4.39 Å². The van der Waals surface area contributed by atoms with E-state index in [1.54, 1.807) is 18.2 Å². The molecule has 3 rings (SSSR count). The largest absolute Gasteiger partial charge is 0.348 e. The number of hydrogen-bond acceptors (Lipinski definition) is 2. The first-order valence-electron chi connectivity index (χ1n) is 8.12. The van der Waals surface area contributed by atoms with E-state index in [0.717, 1.165) is 24.1 Å². The van der Waals surface area contributed by atoms with Crippen LogP contribution in [0, 0.1) is 5.82 Å². The summed E-state index contributed by atoms with van der Waals surface area (Å²) in [6.07, 6.45) is 6.39. The Bertz CT molecular complexity index is 567.